The smallest absolute Gasteiger partial charge is 0.272 e. The summed E-state index contributed by atoms with van der Waals surface area (Å²) in [7, 11) is -3.42. The summed E-state index contributed by atoms with van der Waals surface area (Å²) in [6.45, 7) is 4.43. The number of sulfonamides is 1. The Bertz CT molecular complexity index is 905. The standard InChI is InChI=1S/C16H21N5O4S/c1-11-5-4-7-17-15(11)16(22)20-9-13(10-20)21(26(3,23)24)8-6-14-18-12(2)25-19-14/h4-5,7,13H,6,8-10H2,1-3H3. The maximum Gasteiger partial charge on any atom is 0.272 e. The number of amides is 1. The van der Waals surface area contributed by atoms with E-state index in [1.54, 1.807) is 24.1 Å². The first-order valence-corrected chi connectivity index (χ1v) is 10.1. The molecule has 1 aliphatic rings. The minimum atomic E-state index is -3.42. The first kappa shape index (κ1) is 18.5. The summed E-state index contributed by atoms with van der Waals surface area (Å²) in [5.41, 5.74) is 1.20. The van der Waals surface area contributed by atoms with Crippen molar-refractivity contribution in [2.45, 2.75) is 26.3 Å². The summed E-state index contributed by atoms with van der Waals surface area (Å²) in [6, 6.07) is 3.34. The molecule has 0 saturated carbocycles. The summed E-state index contributed by atoms with van der Waals surface area (Å²) in [4.78, 5) is 22.3. The van der Waals surface area contributed by atoms with Crippen molar-refractivity contribution in [1.29, 1.82) is 0 Å². The van der Waals surface area contributed by atoms with Crippen LogP contribution in [0.1, 0.15) is 27.8 Å². The molecule has 1 saturated heterocycles. The zero-order valence-corrected chi connectivity index (χ0v) is 15.7. The third-order valence-corrected chi connectivity index (χ3v) is 5.65. The van der Waals surface area contributed by atoms with Gasteiger partial charge in [-0.1, -0.05) is 11.2 Å². The molecule has 9 nitrogen and oxygen atoms in total. The van der Waals surface area contributed by atoms with Gasteiger partial charge in [0.15, 0.2) is 5.82 Å². The van der Waals surface area contributed by atoms with E-state index in [9.17, 15) is 13.2 Å². The lowest BCUT2D eigenvalue weighted by atomic mass is 10.1. The summed E-state index contributed by atoms with van der Waals surface area (Å²) < 4.78 is 30.6. The third kappa shape index (κ3) is 3.91. The van der Waals surface area contributed by atoms with Crippen LogP contribution in [0, 0.1) is 13.8 Å². The molecule has 1 fully saturated rings. The van der Waals surface area contributed by atoms with Gasteiger partial charge in [-0.15, -0.1) is 0 Å². The van der Waals surface area contributed by atoms with Gasteiger partial charge in [-0.25, -0.2) is 8.42 Å². The monoisotopic (exact) mass is 379 g/mol. The molecule has 0 radical (unpaired) electrons. The van der Waals surface area contributed by atoms with Crippen molar-refractivity contribution in [1.82, 2.24) is 24.3 Å². The fourth-order valence-corrected chi connectivity index (χ4v) is 4.03. The van der Waals surface area contributed by atoms with E-state index in [1.165, 1.54) is 10.6 Å². The molecule has 2 aromatic heterocycles. The molecular formula is C16H21N5O4S. The molecule has 10 heteroatoms. The van der Waals surface area contributed by atoms with Crippen LogP contribution in [0.15, 0.2) is 22.9 Å². The minimum Gasteiger partial charge on any atom is -0.340 e. The van der Waals surface area contributed by atoms with Crippen molar-refractivity contribution in [2.75, 3.05) is 25.9 Å². The Balaban J connectivity index is 1.63. The highest BCUT2D eigenvalue weighted by atomic mass is 32.2. The summed E-state index contributed by atoms with van der Waals surface area (Å²) in [6.07, 6.45) is 3.10. The molecule has 3 rings (SSSR count). The number of hydrogen-bond donors (Lipinski definition) is 0. The van der Waals surface area contributed by atoms with Gasteiger partial charge in [0.1, 0.15) is 5.69 Å². The largest absolute Gasteiger partial charge is 0.340 e. The average molecular weight is 379 g/mol. The normalized spacial score (nSPS) is 15.3. The topological polar surface area (TPSA) is 110 Å². The van der Waals surface area contributed by atoms with E-state index in [2.05, 4.69) is 15.1 Å². The molecular weight excluding hydrogens is 358 g/mol. The maximum atomic E-state index is 12.5. The van der Waals surface area contributed by atoms with Gasteiger partial charge in [-0.3, -0.25) is 9.78 Å². The molecule has 3 heterocycles. The van der Waals surface area contributed by atoms with E-state index in [0.29, 0.717) is 36.9 Å². The molecule has 0 unspecified atom stereocenters. The predicted octanol–water partition coefficient (Wildman–Crippen LogP) is 0.410. The highest BCUT2D eigenvalue weighted by Gasteiger charge is 2.39. The summed E-state index contributed by atoms with van der Waals surface area (Å²) in [5.74, 6) is 0.728. The number of hydrogen-bond acceptors (Lipinski definition) is 7. The van der Waals surface area contributed by atoms with Crippen LogP contribution >= 0.6 is 0 Å². The zero-order valence-electron chi connectivity index (χ0n) is 14.9. The van der Waals surface area contributed by atoms with Crippen LogP contribution in [-0.2, 0) is 16.4 Å². The average Bonchev–Trinajstić information content (AvgIpc) is 2.93. The Morgan fingerprint density at radius 2 is 2.12 bits per heavy atom. The van der Waals surface area contributed by atoms with Crippen molar-refractivity contribution in [3.63, 3.8) is 0 Å². The Morgan fingerprint density at radius 1 is 1.38 bits per heavy atom. The van der Waals surface area contributed by atoms with Gasteiger partial charge in [0.25, 0.3) is 5.91 Å². The maximum absolute atomic E-state index is 12.5. The fraction of sp³-hybridized carbons (Fsp3) is 0.500. The van der Waals surface area contributed by atoms with Crippen molar-refractivity contribution in [2.24, 2.45) is 0 Å². The third-order valence-electron chi connectivity index (χ3n) is 4.32. The number of aryl methyl sites for hydroxylation is 2. The molecule has 0 aliphatic carbocycles. The second kappa shape index (κ2) is 7.12. The molecule has 0 aromatic carbocycles. The number of carbonyl (C=O) groups is 1. The molecule has 1 amide bonds. The fourth-order valence-electron chi connectivity index (χ4n) is 2.93. The van der Waals surface area contributed by atoms with E-state index < -0.39 is 10.0 Å². The SMILES string of the molecule is Cc1nc(CCN(C2CN(C(=O)c3ncccc3C)C2)S(C)(=O)=O)no1. The van der Waals surface area contributed by atoms with Crippen LogP contribution in [0.3, 0.4) is 0 Å². The quantitative estimate of drug-likeness (QED) is 0.715. The highest BCUT2D eigenvalue weighted by Crippen LogP contribution is 2.21. The van der Waals surface area contributed by atoms with Crippen molar-refractivity contribution in [3.8, 4) is 0 Å². The molecule has 0 bridgehead atoms. The second-order valence-electron chi connectivity index (χ2n) is 6.39. The number of rotatable bonds is 6. The molecule has 0 atom stereocenters. The Morgan fingerprint density at radius 3 is 2.69 bits per heavy atom. The number of carbonyl (C=O) groups excluding carboxylic acids is 1. The number of aromatic nitrogens is 3. The number of likely N-dealkylation sites (tertiary alicyclic amines) is 1. The summed E-state index contributed by atoms with van der Waals surface area (Å²) in [5, 5.41) is 3.79. The lowest BCUT2D eigenvalue weighted by molar-refractivity contribution is 0.0447. The molecule has 140 valence electrons. The second-order valence-corrected chi connectivity index (χ2v) is 8.32. The van der Waals surface area contributed by atoms with Crippen LogP contribution in [0.4, 0.5) is 0 Å². The summed E-state index contributed by atoms with van der Waals surface area (Å²) >= 11 is 0. The molecule has 0 spiro atoms. The van der Waals surface area contributed by atoms with E-state index >= 15 is 0 Å². The first-order chi connectivity index (χ1) is 12.3. The van der Waals surface area contributed by atoms with Crippen molar-refractivity contribution < 1.29 is 17.7 Å². The van der Waals surface area contributed by atoms with Gasteiger partial charge in [0.2, 0.25) is 15.9 Å². The zero-order chi connectivity index (χ0) is 18.9. The van der Waals surface area contributed by atoms with E-state index in [1.807, 2.05) is 13.0 Å². The minimum absolute atomic E-state index is 0.179. The first-order valence-electron chi connectivity index (χ1n) is 8.22. The Hall–Kier alpha value is -2.33. The van der Waals surface area contributed by atoms with E-state index in [4.69, 9.17) is 4.52 Å². The van der Waals surface area contributed by atoms with Crippen molar-refractivity contribution in [3.05, 3.63) is 41.3 Å². The van der Waals surface area contributed by atoms with Gasteiger partial charge in [-0.2, -0.15) is 9.29 Å². The Labute approximate surface area is 152 Å². The van der Waals surface area contributed by atoms with Crippen LogP contribution in [-0.4, -0.2) is 70.6 Å². The van der Waals surface area contributed by atoms with Crippen LogP contribution in [0.25, 0.3) is 0 Å². The van der Waals surface area contributed by atoms with Gasteiger partial charge in [-0.05, 0) is 18.6 Å². The van der Waals surface area contributed by atoms with E-state index in [-0.39, 0.29) is 18.5 Å². The van der Waals surface area contributed by atoms with Crippen molar-refractivity contribution >= 4 is 15.9 Å². The predicted molar refractivity (Wildman–Crippen MR) is 93.0 cm³/mol. The number of nitrogens with zero attached hydrogens (tertiary/aromatic N) is 5. The number of pyridine rings is 1. The van der Waals surface area contributed by atoms with Gasteiger partial charge < -0.3 is 9.42 Å². The van der Waals surface area contributed by atoms with Gasteiger partial charge in [0.05, 0.1) is 12.3 Å². The van der Waals surface area contributed by atoms with Gasteiger partial charge in [0, 0.05) is 39.2 Å². The van der Waals surface area contributed by atoms with Crippen LogP contribution < -0.4 is 0 Å². The van der Waals surface area contributed by atoms with Crippen LogP contribution in [0.5, 0.6) is 0 Å². The molecule has 0 N–H and O–H groups in total. The molecule has 2 aromatic rings. The Kier molecular flexibility index (Phi) is 5.05. The van der Waals surface area contributed by atoms with Gasteiger partial charge >= 0.3 is 0 Å². The highest BCUT2D eigenvalue weighted by molar-refractivity contribution is 7.88. The van der Waals surface area contributed by atoms with E-state index in [0.717, 1.165) is 5.56 Å². The lowest BCUT2D eigenvalue weighted by Crippen LogP contribution is -2.62. The molecule has 26 heavy (non-hydrogen) atoms. The molecule has 1 aliphatic heterocycles. The lowest BCUT2D eigenvalue weighted by Gasteiger charge is -2.44. The van der Waals surface area contributed by atoms with Crippen LogP contribution in [0.2, 0.25) is 0 Å².